The number of hydrogen-bond acceptors (Lipinski definition) is 4. The molecule has 0 bridgehead atoms. The second-order valence-corrected chi connectivity index (χ2v) is 9.54. The van der Waals surface area contributed by atoms with E-state index in [1.807, 2.05) is 19.1 Å². The third kappa shape index (κ3) is 4.50. The minimum absolute atomic E-state index is 0.0262. The fraction of sp³-hybridized carbons (Fsp3) is 0.278. The van der Waals surface area contributed by atoms with Gasteiger partial charge >= 0.3 is 0 Å². The van der Waals surface area contributed by atoms with Crippen molar-refractivity contribution in [3.8, 4) is 0 Å². The molecule has 27 heavy (non-hydrogen) atoms. The van der Waals surface area contributed by atoms with Crippen molar-refractivity contribution in [2.75, 3.05) is 18.5 Å². The zero-order chi connectivity index (χ0) is 19.8. The summed E-state index contributed by atoms with van der Waals surface area (Å²) in [6.45, 7) is 4.29. The summed E-state index contributed by atoms with van der Waals surface area (Å²) in [6, 6.07) is 9.51. The highest BCUT2D eigenvalue weighted by Crippen LogP contribution is 2.24. The second-order valence-electron chi connectivity index (χ2n) is 6.83. The van der Waals surface area contributed by atoms with Gasteiger partial charge in [-0.2, -0.15) is 0 Å². The average Bonchev–Trinajstić information content (AvgIpc) is 2.56. The Balaban J connectivity index is 1.86. The second kappa shape index (κ2) is 7.49. The molecule has 1 heterocycles. The van der Waals surface area contributed by atoms with Crippen LogP contribution in [-0.4, -0.2) is 33.1 Å². The monoisotopic (exact) mass is 426 g/mol. The molecule has 1 aliphatic heterocycles. The summed E-state index contributed by atoms with van der Waals surface area (Å²) in [6.07, 6.45) is 0. The molecule has 6 nitrogen and oxygen atoms in total. The molecule has 2 aromatic rings. The van der Waals surface area contributed by atoms with Crippen LogP contribution in [0.5, 0.6) is 0 Å². The van der Waals surface area contributed by atoms with Gasteiger partial charge in [0.25, 0.3) is 5.91 Å². The molecule has 0 spiro atoms. The number of halogens is 1. The quantitative estimate of drug-likeness (QED) is 0.719. The zero-order valence-electron chi connectivity index (χ0n) is 14.9. The van der Waals surface area contributed by atoms with Crippen LogP contribution < -0.4 is 15.3 Å². The number of nitrogens with one attached hydrogen (secondary N) is 2. The fourth-order valence-corrected chi connectivity index (χ4v) is 4.44. The zero-order valence-corrected chi connectivity index (χ0v) is 17.6. The number of sulfonamides is 1. The fourth-order valence-electron chi connectivity index (χ4n) is 2.65. The molecule has 2 aromatic carbocycles. The summed E-state index contributed by atoms with van der Waals surface area (Å²) in [5, 5.41) is 3.95. The van der Waals surface area contributed by atoms with Gasteiger partial charge in [0.05, 0.1) is 34.2 Å². The maximum atomic E-state index is 12.6. The molecule has 2 N–H and O–H groups in total. The molecule has 3 rings (SSSR count). The van der Waals surface area contributed by atoms with E-state index in [-0.39, 0.29) is 15.5 Å². The minimum atomic E-state index is -3.81. The van der Waals surface area contributed by atoms with Crippen molar-refractivity contribution in [3.05, 3.63) is 52.5 Å². The van der Waals surface area contributed by atoms with E-state index in [2.05, 4.69) is 19.3 Å². The van der Waals surface area contributed by atoms with Crippen LogP contribution in [0.1, 0.15) is 22.8 Å². The first-order valence-corrected chi connectivity index (χ1v) is 10.6. The summed E-state index contributed by atoms with van der Waals surface area (Å²) >= 11 is 6.14. The number of amides is 1. The normalized spacial score (nSPS) is 15.9. The Bertz CT molecular complexity index is 1010. The first-order valence-electron chi connectivity index (χ1n) is 8.18. The van der Waals surface area contributed by atoms with Crippen LogP contribution in [0.4, 0.5) is 5.69 Å². The Morgan fingerprint density at radius 2 is 1.93 bits per heavy atom. The van der Waals surface area contributed by atoms with Gasteiger partial charge in [-0.1, -0.05) is 17.7 Å². The lowest BCUT2D eigenvalue weighted by Crippen LogP contribution is -2.59. The van der Waals surface area contributed by atoms with Gasteiger partial charge < -0.3 is 10.1 Å². The topological polar surface area (TPSA) is 84.5 Å². The lowest BCUT2D eigenvalue weighted by molar-refractivity contribution is -0.0523. The van der Waals surface area contributed by atoms with E-state index in [0.717, 1.165) is 10.9 Å². The maximum absolute atomic E-state index is 12.6. The third-order valence-corrected chi connectivity index (χ3v) is 6.86. The van der Waals surface area contributed by atoms with E-state index in [9.17, 15) is 13.2 Å². The summed E-state index contributed by atoms with van der Waals surface area (Å²) in [7, 11) is -1.20. The first-order chi connectivity index (χ1) is 12.6. The van der Waals surface area contributed by atoms with Crippen molar-refractivity contribution in [2.45, 2.75) is 24.3 Å². The molecule has 1 atom stereocenters. The molecule has 9 heteroatoms. The van der Waals surface area contributed by atoms with Crippen LogP contribution >= 0.6 is 20.8 Å². The largest absolute Gasteiger partial charge is 0.377 e. The van der Waals surface area contributed by atoms with Crippen molar-refractivity contribution in [3.63, 3.8) is 0 Å². The standard InChI is InChI=1S/C18H20ClN2O4PS/c1-11-7-12(3-6-16(11)26)20-17(22)14-8-13(4-5-15(14)19)27(23,24)21-18(2)9-25-10-18/h3-8,21H,9-10,26H2,1-2H3,(H,20,22). The van der Waals surface area contributed by atoms with Crippen LogP contribution in [-0.2, 0) is 14.8 Å². The molecule has 1 amide bonds. The van der Waals surface area contributed by atoms with E-state index in [4.69, 9.17) is 16.3 Å². The number of carbonyl (C=O) groups is 1. The number of rotatable bonds is 5. The number of ether oxygens (including phenoxy) is 1. The molecule has 0 radical (unpaired) electrons. The molecule has 1 aliphatic rings. The highest BCUT2D eigenvalue weighted by Gasteiger charge is 2.38. The summed E-state index contributed by atoms with van der Waals surface area (Å²) in [5.41, 5.74) is 1.05. The summed E-state index contributed by atoms with van der Waals surface area (Å²) < 4.78 is 32.9. The van der Waals surface area contributed by atoms with Gasteiger partial charge in [0.1, 0.15) is 0 Å². The van der Waals surface area contributed by atoms with Gasteiger partial charge in [-0.3, -0.25) is 4.79 Å². The number of benzene rings is 2. The minimum Gasteiger partial charge on any atom is -0.377 e. The maximum Gasteiger partial charge on any atom is 0.257 e. The SMILES string of the molecule is Cc1cc(NC(=O)c2cc(S(=O)(=O)NC3(C)COC3)ccc2Cl)ccc1P. The van der Waals surface area contributed by atoms with E-state index in [1.165, 1.54) is 18.2 Å². The predicted molar refractivity (Wildman–Crippen MR) is 109 cm³/mol. The Kier molecular flexibility index (Phi) is 5.62. The van der Waals surface area contributed by atoms with Crippen LogP contribution in [0.3, 0.4) is 0 Å². The highest BCUT2D eigenvalue weighted by atomic mass is 35.5. The Morgan fingerprint density at radius 3 is 2.52 bits per heavy atom. The molecular weight excluding hydrogens is 407 g/mol. The number of hydrogen-bond donors (Lipinski definition) is 2. The van der Waals surface area contributed by atoms with Crippen LogP contribution in [0.2, 0.25) is 5.02 Å². The number of carbonyl (C=O) groups excluding carboxylic acids is 1. The number of aryl methyl sites for hydroxylation is 1. The van der Waals surface area contributed by atoms with Crippen molar-refractivity contribution in [1.29, 1.82) is 0 Å². The van der Waals surface area contributed by atoms with Crippen molar-refractivity contribution < 1.29 is 17.9 Å². The van der Waals surface area contributed by atoms with Gasteiger partial charge in [-0.05, 0) is 55.0 Å². The van der Waals surface area contributed by atoms with E-state index >= 15 is 0 Å². The third-order valence-electron chi connectivity index (χ3n) is 4.24. The molecule has 1 saturated heterocycles. The Labute approximate surface area is 165 Å². The van der Waals surface area contributed by atoms with E-state index in [0.29, 0.717) is 18.9 Å². The van der Waals surface area contributed by atoms with Gasteiger partial charge in [0, 0.05) is 5.69 Å². The summed E-state index contributed by atoms with van der Waals surface area (Å²) in [4.78, 5) is 12.6. The van der Waals surface area contributed by atoms with Gasteiger partial charge in [-0.15, -0.1) is 9.24 Å². The van der Waals surface area contributed by atoms with Gasteiger partial charge in [0.2, 0.25) is 10.0 Å². The number of anilines is 1. The van der Waals surface area contributed by atoms with Crippen LogP contribution in [0, 0.1) is 6.92 Å². The van der Waals surface area contributed by atoms with Gasteiger partial charge in [-0.25, -0.2) is 13.1 Å². The molecule has 0 aromatic heterocycles. The first kappa shape index (κ1) is 20.2. The highest BCUT2D eigenvalue weighted by molar-refractivity contribution is 7.89. The average molecular weight is 427 g/mol. The van der Waals surface area contributed by atoms with Gasteiger partial charge in [0.15, 0.2) is 0 Å². The van der Waals surface area contributed by atoms with Crippen LogP contribution in [0.15, 0.2) is 41.3 Å². The van der Waals surface area contributed by atoms with Crippen molar-refractivity contribution in [2.24, 2.45) is 0 Å². The Morgan fingerprint density at radius 1 is 1.22 bits per heavy atom. The van der Waals surface area contributed by atoms with Crippen molar-refractivity contribution >= 4 is 47.8 Å². The van der Waals surface area contributed by atoms with E-state index in [1.54, 1.807) is 13.0 Å². The van der Waals surface area contributed by atoms with Crippen molar-refractivity contribution in [1.82, 2.24) is 4.72 Å². The molecular formula is C18H20ClN2O4PS. The lowest BCUT2D eigenvalue weighted by atomic mass is 10.0. The molecule has 1 fully saturated rings. The van der Waals surface area contributed by atoms with E-state index < -0.39 is 21.5 Å². The predicted octanol–water partition coefficient (Wildman–Crippen LogP) is 2.47. The Hall–Kier alpha value is -1.50. The van der Waals surface area contributed by atoms with Crippen LogP contribution in [0.25, 0.3) is 0 Å². The molecule has 0 aliphatic carbocycles. The summed E-state index contributed by atoms with van der Waals surface area (Å²) in [5.74, 6) is -0.480. The molecule has 1 unspecified atom stereocenters. The molecule has 144 valence electrons. The smallest absolute Gasteiger partial charge is 0.257 e. The molecule has 0 saturated carbocycles. The lowest BCUT2D eigenvalue weighted by Gasteiger charge is -2.38.